The lowest BCUT2D eigenvalue weighted by atomic mass is 10.0. The average Bonchev–Trinajstić information content (AvgIpc) is 2.70. The Hall–Kier alpha value is -1.85. The van der Waals surface area contributed by atoms with Crippen molar-refractivity contribution in [3.63, 3.8) is 0 Å². The molecule has 0 heterocycles. The first kappa shape index (κ1) is 23.4. The number of carbonyl (C=O) groups excluding carboxylic acids is 2. The third kappa shape index (κ3) is 7.48. The lowest BCUT2D eigenvalue weighted by Gasteiger charge is -2.24. The highest BCUT2D eigenvalue weighted by Gasteiger charge is 2.31. The van der Waals surface area contributed by atoms with Crippen LogP contribution >= 0.6 is 27.5 Å². The van der Waals surface area contributed by atoms with Gasteiger partial charge in [-0.05, 0) is 75.2 Å². The molecule has 0 radical (unpaired) electrons. The molecule has 0 saturated heterocycles. The van der Waals surface area contributed by atoms with Gasteiger partial charge in [0.1, 0.15) is 5.75 Å². The van der Waals surface area contributed by atoms with Crippen molar-refractivity contribution in [1.29, 1.82) is 0 Å². The second-order valence-corrected chi connectivity index (χ2v) is 8.44. The summed E-state index contributed by atoms with van der Waals surface area (Å²) in [4.78, 5) is 24.8. The number of carbonyl (C=O) groups is 2. The molecule has 29 heavy (non-hydrogen) atoms. The van der Waals surface area contributed by atoms with E-state index in [4.69, 9.17) is 21.1 Å². The topological polar surface area (TPSA) is 52.6 Å². The van der Waals surface area contributed by atoms with Crippen LogP contribution in [0.5, 0.6) is 5.75 Å². The van der Waals surface area contributed by atoms with Gasteiger partial charge < -0.3 is 9.47 Å². The summed E-state index contributed by atoms with van der Waals surface area (Å²) in [5, 5.41) is 1.58. The van der Waals surface area contributed by atoms with Crippen molar-refractivity contribution in [3.8, 4) is 5.75 Å². The van der Waals surface area contributed by atoms with E-state index in [0.717, 1.165) is 31.0 Å². The Kier molecular flexibility index (Phi) is 9.18. The Labute approximate surface area is 185 Å². The van der Waals surface area contributed by atoms with Gasteiger partial charge in [-0.1, -0.05) is 40.4 Å². The molecular formula is C23H26BrClO4. The number of unbranched alkanes of at least 4 members (excludes halogenated alkanes) is 3. The quantitative estimate of drug-likeness (QED) is 0.165. The number of halogens is 2. The Morgan fingerprint density at radius 3 is 2.03 bits per heavy atom. The molecule has 2 rings (SSSR count). The highest BCUT2D eigenvalue weighted by Crippen LogP contribution is 2.22. The molecule has 0 aliphatic rings. The standard InChI is InChI=1S/C23H26BrClO4/c1-23(2,22(27)28-16-6-4-3-5-15-24)29-20-13-9-18(10-14-20)21(26)17-7-11-19(25)12-8-17/h7-14H,3-6,15-16H2,1-2H3. The van der Waals surface area contributed by atoms with E-state index in [1.165, 1.54) is 0 Å². The maximum Gasteiger partial charge on any atom is 0.349 e. The molecular weight excluding hydrogens is 456 g/mol. The lowest BCUT2D eigenvalue weighted by molar-refractivity contribution is -0.159. The van der Waals surface area contributed by atoms with E-state index >= 15 is 0 Å². The fourth-order valence-corrected chi connectivity index (χ4v) is 3.19. The summed E-state index contributed by atoms with van der Waals surface area (Å²) in [5.41, 5.74) is -0.0240. The summed E-state index contributed by atoms with van der Waals surface area (Å²) in [6.07, 6.45) is 4.11. The number of hydrogen-bond acceptors (Lipinski definition) is 4. The average molecular weight is 482 g/mol. The fraction of sp³-hybridized carbons (Fsp3) is 0.391. The van der Waals surface area contributed by atoms with Crippen LogP contribution in [0.2, 0.25) is 5.02 Å². The SMILES string of the molecule is CC(C)(Oc1ccc(C(=O)c2ccc(Cl)cc2)cc1)C(=O)OCCCCCCBr. The first-order valence-corrected chi connectivity index (χ1v) is 11.2. The number of rotatable bonds is 11. The van der Waals surface area contributed by atoms with Crippen molar-refractivity contribution in [2.24, 2.45) is 0 Å². The second-order valence-electron chi connectivity index (χ2n) is 7.21. The van der Waals surface area contributed by atoms with Crippen molar-refractivity contribution < 1.29 is 19.1 Å². The summed E-state index contributed by atoms with van der Waals surface area (Å²) < 4.78 is 11.2. The zero-order chi connectivity index (χ0) is 21.3. The maximum atomic E-state index is 12.5. The van der Waals surface area contributed by atoms with Gasteiger partial charge in [0.05, 0.1) is 6.61 Å². The Bertz CT molecular complexity index is 801. The minimum atomic E-state index is -1.11. The molecule has 0 spiro atoms. The molecule has 156 valence electrons. The van der Waals surface area contributed by atoms with Crippen LogP contribution in [0.3, 0.4) is 0 Å². The minimum Gasteiger partial charge on any atom is -0.476 e. The molecule has 0 bridgehead atoms. The normalized spacial score (nSPS) is 11.2. The number of ether oxygens (including phenoxy) is 2. The Morgan fingerprint density at radius 2 is 1.45 bits per heavy atom. The third-order valence-corrected chi connectivity index (χ3v) is 5.16. The van der Waals surface area contributed by atoms with Crippen molar-refractivity contribution in [3.05, 3.63) is 64.7 Å². The number of hydrogen-bond donors (Lipinski definition) is 0. The molecule has 0 amide bonds. The monoisotopic (exact) mass is 480 g/mol. The van der Waals surface area contributed by atoms with Crippen molar-refractivity contribution in [1.82, 2.24) is 0 Å². The maximum absolute atomic E-state index is 12.5. The fourth-order valence-electron chi connectivity index (χ4n) is 2.67. The van der Waals surface area contributed by atoms with E-state index in [1.807, 2.05) is 0 Å². The van der Waals surface area contributed by atoms with Crippen LogP contribution < -0.4 is 4.74 Å². The summed E-state index contributed by atoms with van der Waals surface area (Å²) in [7, 11) is 0. The van der Waals surface area contributed by atoms with Gasteiger partial charge in [0.25, 0.3) is 0 Å². The third-order valence-electron chi connectivity index (χ3n) is 4.35. The highest BCUT2D eigenvalue weighted by atomic mass is 79.9. The zero-order valence-electron chi connectivity index (χ0n) is 16.8. The largest absolute Gasteiger partial charge is 0.476 e. The number of benzene rings is 2. The summed E-state index contributed by atoms with van der Waals surface area (Å²) >= 11 is 9.26. The van der Waals surface area contributed by atoms with Crippen molar-refractivity contribution in [2.45, 2.75) is 45.1 Å². The van der Waals surface area contributed by atoms with Gasteiger partial charge in [-0.15, -0.1) is 0 Å². The second kappa shape index (κ2) is 11.4. The number of ketones is 1. The van der Waals surface area contributed by atoms with Crippen molar-refractivity contribution in [2.75, 3.05) is 11.9 Å². The Morgan fingerprint density at radius 1 is 0.897 bits per heavy atom. The van der Waals surface area contributed by atoms with Crippen LogP contribution in [-0.4, -0.2) is 29.3 Å². The molecule has 0 N–H and O–H groups in total. The van der Waals surface area contributed by atoms with Crippen LogP contribution in [0.1, 0.15) is 55.5 Å². The predicted octanol–water partition coefficient (Wildman–Crippen LogP) is 6.23. The minimum absolute atomic E-state index is 0.105. The van der Waals surface area contributed by atoms with E-state index < -0.39 is 11.6 Å². The molecule has 0 aromatic heterocycles. The van der Waals surface area contributed by atoms with Crippen LogP contribution in [0.15, 0.2) is 48.5 Å². The smallest absolute Gasteiger partial charge is 0.349 e. The Balaban J connectivity index is 1.89. The molecule has 2 aromatic carbocycles. The molecule has 0 fully saturated rings. The van der Waals surface area contributed by atoms with Gasteiger partial charge in [-0.25, -0.2) is 4.79 Å². The molecule has 0 atom stereocenters. The van der Waals surface area contributed by atoms with E-state index in [-0.39, 0.29) is 5.78 Å². The molecule has 4 nitrogen and oxygen atoms in total. The first-order chi connectivity index (χ1) is 13.8. The summed E-state index contributed by atoms with van der Waals surface area (Å²) in [6.45, 7) is 3.74. The molecule has 0 unspecified atom stereocenters. The van der Waals surface area contributed by atoms with Gasteiger partial charge in [0.2, 0.25) is 0 Å². The molecule has 0 aliphatic heterocycles. The van der Waals surface area contributed by atoms with Crippen LogP contribution in [0.25, 0.3) is 0 Å². The highest BCUT2D eigenvalue weighted by molar-refractivity contribution is 9.09. The van der Waals surface area contributed by atoms with Gasteiger partial charge in [0, 0.05) is 21.5 Å². The van der Waals surface area contributed by atoms with Crippen LogP contribution in [0.4, 0.5) is 0 Å². The number of esters is 1. The van der Waals surface area contributed by atoms with Gasteiger partial charge in [-0.2, -0.15) is 0 Å². The zero-order valence-corrected chi connectivity index (χ0v) is 19.1. The molecule has 0 aliphatic carbocycles. The van der Waals surface area contributed by atoms with Gasteiger partial charge >= 0.3 is 5.97 Å². The van der Waals surface area contributed by atoms with E-state index in [0.29, 0.717) is 28.5 Å². The lowest BCUT2D eigenvalue weighted by Crippen LogP contribution is -2.39. The molecule has 6 heteroatoms. The predicted molar refractivity (Wildman–Crippen MR) is 119 cm³/mol. The van der Waals surface area contributed by atoms with E-state index in [1.54, 1.807) is 62.4 Å². The van der Waals surface area contributed by atoms with E-state index in [2.05, 4.69) is 15.9 Å². The van der Waals surface area contributed by atoms with Gasteiger partial charge in [0.15, 0.2) is 11.4 Å². The van der Waals surface area contributed by atoms with Crippen molar-refractivity contribution >= 4 is 39.3 Å². The van der Waals surface area contributed by atoms with Crippen LogP contribution in [-0.2, 0) is 9.53 Å². The molecule has 0 saturated carbocycles. The van der Waals surface area contributed by atoms with E-state index in [9.17, 15) is 9.59 Å². The molecule has 2 aromatic rings. The number of alkyl halides is 1. The summed E-state index contributed by atoms with van der Waals surface area (Å²) in [5.74, 6) is -0.0111. The van der Waals surface area contributed by atoms with Gasteiger partial charge in [-0.3, -0.25) is 4.79 Å². The van der Waals surface area contributed by atoms with Crippen LogP contribution in [0, 0.1) is 0 Å². The first-order valence-electron chi connectivity index (χ1n) is 9.66. The summed E-state index contributed by atoms with van der Waals surface area (Å²) in [6, 6.07) is 13.5.